The summed E-state index contributed by atoms with van der Waals surface area (Å²) in [6, 6.07) is 5.43. The van der Waals surface area contributed by atoms with Gasteiger partial charge in [0.25, 0.3) is 0 Å². The van der Waals surface area contributed by atoms with E-state index in [4.69, 9.17) is 35.4 Å². The summed E-state index contributed by atoms with van der Waals surface area (Å²) in [5, 5.41) is 1.20. The molecule has 0 spiro atoms. The molecule has 0 saturated heterocycles. The van der Waals surface area contributed by atoms with Crippen molar-refractivity contribution in [2.45, 2.75) is 19.8 Å². The number of aromatic amines is 1. The molecule has 0 unspecified atom stereocenters. The topological polar surface area (TPSA) is 28.7 Å². The van der Waals surface area contributed by atoms with E-state index in [0.29, 0.717) is 14.7 Å². The first-order valence-corrected chi connectivity index (χ1v) is 6.69. The van der Waals surface area contributed by atoms with Crippen molar-refractivity contribution >= 4 is 35.4 Å². The number of hydrogen-bond donors (Lipinski definition) is 1. The van der Waals surface area contributed by atoms with Crippen LogP contribution in [0.15, 0.2) is 24.5 Å². The predicted octanol–water partition coefficient (Wildman–Crippen LogP) is 5.24. The zero-order valence-electron chi connectivity index (χ0n) is 10.00. The Kier molecular flexibility index (Phi) is 4.05. The second-order valence-corrected chi connectivity index (χ2v) is 5.57. The number of halogens is 2. The van der Waals surface area contributed by atoms with E-state index in [9.17, 15) is 0 Å². The Balaban J connectivity index is 2.71. The van der Waals surface area contributed by atoms with Crippen LogP contribution in [0.2, 0.25) is 10.0 Å². The van der Waals surface area contributed by atoms with Gasteiger partial charge >= 0.3 is 0 Å². The van der Waals surface area contributed by atoms with Crippen molar-refractivity contribution < 1.29 is 0 Å². The van der Waals surface area contributed by atoms with E-state index in [2.05, 4.69) is 23.8 Å². The minimum atomic E-state index is 0.273. The minimum absolute atomic E-state index is 0.273. The molecule has 0 bridgehead atoms. The lowest BCUT2D eigenvalue weighted by Gasteiger charge is -2.12. The van der Waals surface area contributed by atoms with Gasteiger partial charge < -0.3 is 4.98 Å². The van der Waals surface area contributed by atoms with Gasteiger partial charge in [0, 0.05) is 21.2 Å². The van der Waals surface area contributed by atoms with Crippen LogP contribution in [0.4, 0.5) is 0 Å². The lowest BCUT2D eigenvalue weighted by molar-refractivity contribution is 0.844. The van der Waals surface area contributed by atoms with Crippen LogP contribution in [0, 0.1) is 4.64 Å². The highest BCUT2D eigenvalue weighted by atomic mass is 35.5. The molecule has 2 aromatic rings. The molecule has 5 heteroatoms. The van der Waals surface area contributed by atoms with Gasteiger partial charge in [0.15, 0.2) is 0 Å². The van der Waals surface area contributed by atoms with Gasteiger partial charge in [-0.2, -0.15) is 0 Å². The van der Waals surface area contributed by atoms with E-state index in [0.717, 1.165) is 16.8 Å². The van der Waals surface area contributed by atoms with Crippen molar-refractivity contribution in [2.24, 2.45) is 0 Å². The van der Waals surface area contributed by atoms with Crippen LogP contribution in [0.1, 0.15) is 25.3 Å². The third-order valence-corrected chi connectivity index (χ3v) is 3.38. The van der Waals surface area contributed by atoms with Gasteiger partial charge in [0.05, 0.1) is 12.0 Å². The summed E-state index contributed by atoms with van der Waals surface area (Å²) >= 11 is 17.3. The van der Waals surface area contributed by atoms with Gasteiger partial charge in [-0.1, -0.05) is 49.3 Å². The second kappa shape index (κ2) is 5.39. The fourth-order valence-corrected chi connectivity index (χ4v) is 2.80. The molecule has 2 rings (SSSR count). The normalized spacial score (nSPS) is 10.9. The average molecular weight is 299 g/mol. The number of aromatic nitrogens is 2. The van der Waals surface area contributed by atoms with Gasteiger partial charge in [0.1, 0.15) is 4.64 Å². The summed E-state index contributed by atoms with van der Waals surface area (Å²) in [5.74, 6) is 0.273. The Bertz CT molecular complexity index is 615. The van der Waals surface area contributed by atoms with Crippen molar-refractivity contribution in [2.75, 3.05) is 0 Å². The van der Waals surface area contributed by atoms with Crippen LogP contribution in [0.3, 0.4) is 0 Å². The average Bonchev–Trinajstić information content (AvgIpc) is 2.26. The van der Waals surface area contributed by atoms with Crippen molar-refractivity contribution in [1.82, 2.24) is 9.97 Å². The Morgan fingerprint density at radius 2 is 1.78 bits per heavy atom. The van der Waals surface area contributed by atoms with Gasteiger partial charge in [-0.25, -0.2) is 4.98 Å². The Labute approximate surface area is 121 Å². The summed E-state index contributed by atoms with van der Waals surface area (Å²) in [5.41, 5.74) is 2.85. The number of nitrogens with zero attached hydrogens (tertiary/aromatic N) is 1. The highest BCUT2D eigenvalue weighted by Crippen LogP contribution is 2.31. The molecular weight excluding hydrogens is 287 g/mol. The predicted molar refractivity (Wildman–Crippen MR) is 79.0 cm³/mol. The molecule has 0 saturated carbocycles. The zero-order chi connectivity index (χ0) is 13.3. The van der Waals surface area contributed by atoms with Crippen molar-refractivity contribution in [1.29, 1.82) is 0 Å². The quantitative estimate of drug-likeness (QED) is 0.768. The maximum Gasteiger partial charge on any atom is 0.133 e. The van der Waals surface area contributed by atoms with E-state index in [1.54, 1.807) is 12.4 Å². The number of rotatable bonds is 2. The Hall–Kier alpha value is -0.900. The summed E-state index contributed by atoms with van der Waals surface area (Å²) in [4.78, 5) is 7.26. The molecule has 1 N–H and O–H groups in total. The fourth-order valence-electron chi connectivity index (χ4n) is 1.88. The molecule has 0 radical (unpaired) electrons. The third-order valence-electron chi connectivity index (χ3n) is 2.62. The first-order chi connectivity index (χ1) is 8.49. The third kappa shape index (κ3) is 2.74. The zero-order valence-corrected chi connectivity index (χ0v) is 12.3. The molecule has 18 heavy (non-hydrogen) atoms. The molecule has 0 amide bonds. The SMILES string of the molecule is CC(C)c1c(-c2cc(Cl)cc(Cl)c2)[nH]cnc1=S. The number of nitrogens with one attached hydrogen (secondary N) is 1. The van der Waals surface area contributed by atoms with Gasteiger partial charge in [-0.3, -0.25) is 0 Å². The molecule has 2 nitrogen and oxygen atoms in total. The molecule has 0 atom stereocenters. The van der Waals surface area contributed by atoms with Crippen molar-refractivity contribution in [3.8, 4) is 11.3 Å². The lowest BCUT2D eigenvalue weighted by atomic mass is 9.99. The van der Waals surface area contributed by atoms with Crippen LogP contribution in [0.25, 0.3) is 11.3 Å². The van der Waals surface area contributed by atoms with E-state index in [-0.39, 0.29) is 5.92 Å². The highest BCUT2D eigenvalue weighted by Gasteiger charge is 2.12. The standard InChI is InChI=1S/C13H12Cl2N2S/c1-7(2)11-12(16-6-17-13(11)18)8-3-9(14)5-10(15)4-8/h3-7H,1-2H3,(H,16,17,18). The molecule has 1 heterocycles. The van der Waals surface area contributed by atoms with E-state index in [1.165, 1.54) is 0 Å². The van der Waals surface area contributed by atoms with Crippen molar-refractivity contribution in [3.63, 3.8) is 0 Å². The number of benzene rings is 1. The minimum Gasteiger partial charge on any atom is -0.346 e. The fraction of sp³-hybridized carbons (Fsp3) is 0.231. The molecule has 1 aromatic heterocycles. The molecule has 1 aromatic carbocycles. The summed E-state index contributed by atoms with van der Waals surface area (Å²) in [7, 11) is 0. The lowest BCUT2D eigenvalue weighted by Crippen LogP contribution is -1.98. The van der Waals surface area contributed by atoms with Gasteiger partial charge in [0.2, 0.25) is 0 Å². The van der Waals surface area contributed by atoms with Crippen LogP contribution < -0.4 is 0 Å². The van der Waals surface area contributed by atoms with Crippen LogP contribution in [0.5, 0.6) is 0 Å². The molecule has 0 aliphatic rings. The first-order valence-electron chi connectivity index (χ1n) is 5.53. The van der Waals surface area contributed by atoms with Crippen LogP contribution in [-0.4, -0.2) is 9.97 Å². The van der Waals surface area contributed by atoms with E-state index >= 15 is 0 Å². The van der Waals surface area contributed by atoms with E-state index in [1.807, 2.05) is 12.1 Å². The molecule has 0 aliphatic heterocycles. The highest BCUT2D eigenvalue weighted by molar-refractivity contribution is 7.71. The number of H-pyrrole nitrogens is 1. The molecule has 0 fully saturated rings. The maximum atomic E-state index is 6.03. The van der Waals surface area contributed by atoms with Gasteiger partial charge in [-0.05, 0) is 24.1 Å². The van der Waals surface area contributed by atoms with Crippen molar-refractivity contribution in [3.05, 3.63) is 44.8 Å². The largest absolute Gasteiger partial charge is 0.346 e. The first kappa shape index (κ1) is 13.5. The maximum absolute atomic E-state index is 6.03. The molecular formula is C13H12Cl2N2S. The second-order valence-electron chi connectivity index (χ2n) is 4.31. The smallest absolute Gasteiger partial charge is 0.133 e. The summed E-state index contributed by atoms with van der Waals surface area (Å²) < 4.78 is 0.606. The molecule has 94 valence electrons. The summed E-state index contributed by atoms with van der Waals surface area (Å²) in [6.07, 6.45) is 1.60. The monoisotopic (exact) mass is 298 g/mol. The molecule has 0 aliphatic carbocycles. The Morgan fingerprint density at radius 1 is 1.17 bits per heavy atom. The van der Waals surface area contributed by atoms with Gasteiger partial charge in [-0.15, -0.1) is 0 Å². The van der Waals surface area contributed by atoms with Crippen LogP contribution >= 0.6 is 35.4 Å². The summed E-state index contributed by atoms with van der Waals surface area (Å²) in [6.45, 7) is 4.16. The Morgan fingerprint density at radius 3 is 2.33 bits per heavy atom. The number of hydrogen-bond acceptors (Lipinski definition) is 2. The van der Waals surface area contributed by atoms with E-state index < -0.39 is 0 Å². The van der Waals surface area contributed by atoms with Crippen LogP contribution in [-0.2, 0) is 0 Å².